The van der Waals surface area contributed by atoms with Crippen molar-refractivity contribution in [2.75, 3.05) is 13.8 Å². The Morgan fingerprint density at radius 1 is 1.23 bits per heavy atom. The molecule has 0 unspecified atom stereocenters. The second kappa shape index (κ2) is 9.46. The lowest BCUT2D eigenvalue weighted by atomic mass is 9.76. The van der Waals surface area contributed by atoms with Crippen molar-refractivity contribution in [1.29, 1.82) is 0 Å². The van der Waals surface area contributed by atoms with Crippen LogP contribution in [-0.4, -0.2) is 49.1 Å². The third-order valence-electron chi connectivity index (χ3n) is 6.71. The summed E-state index contributed by atoms with van der Waals surface area (Å²) in [5.41, 5.74) is 1.96. The van der Waals surface area contributed by atoms with E-state index < -0.39 is 0 Å². The number of methoxy groups -OCH3 is 1. The minimum absolute atomic E-state index is 0.0233. The van der Waals surface area contributed by atoms with E-state index in [0.29, 0.717) is 18.3 Å². The SMILES string of the molecule is CCC[C@@H]1C[C@H]([C@@H]2[C@H](/C=C(\C)C(=O)OC)[C@@H]3C=C[C@@H]2O3)OCN1Cc1ccccc1. The molecule has 3 heterocycles. The van der Waals surface area contributed by atoms with E-state index in [1.165, 1.54) is 12.7 Å². The second-order valence-electron chi connectivity index (χ2n) is 8.69. The summed E-state index contributed by atoms with van der Waals surface area (Å²) >= 11 is 0. The van der Waals surface area contributed by atoms with E-state index in [4.69, 9.17) is 14.2 Å². The zero-order valence-electron chi connectivity index (χ0n) is 18.2. The van der Waals surface area contributed by atoms with E-state index in [1.54, 1.807) is 0 Å². The summed E-state index contributed by atoms with van der Waals surface area (Å²) in [6, 6.07) is 11.1. The first-order valence-electron chi connectivity index (χ1n) is 11.1. The Labute approximate surface area is 179 Å². The molecule has 4 rings (SSSR count). The van der Waals surface area contributed by atoms with Gasteiger partial charge in [0.25, 0.3) is 0 Å². The number of benzene rings is 1. The lowest BCUT2D eigenvalue weighted by Gasteiger charge is -2.43. The Kier molecular flexibility index (Phi) is 6.71. The summed E-state index contributed by atoms with van der Waals surface area (Å²) in [5, 5.41) is 0. The number of ether oxygens (including phenoxy) is 3. The maximum atomic E-state index is 12.0. The van der Waals surface area contributed by atoms with Crippen LogP contribution in [-0.2, 0) is 25.5 Å². The Hall–Kier alpha value is -1.95. The van der Waals surface area contributed by atoms with E-state index in [2.05, 4.69) is 54.3 Å². The van der Waals surface area contributed by atoms with Crippen LogP contribution in [0.2, 0.25) is 0 Å². The average Bonchev–Trinajstić information content (AvgIpc) is 3.37. The van der Waals surface area contributed by atoms with Gasteiger partial charge >= 0.3 is 5.97 Å². The van der Waals surface area contributed by atoms with Gasteiger partial charge in [-0.1, -0.05) is 61.9 Å². The first-order chi connectivity index (χ1) is 14.6. The molecule has 5 heteroatoms. The standard InChI is InChI=1S/C25H33NO4/c1-4-8-19-14-23(29-16-26(19)15-18-9-6-5-7-10-18)24-20(13-17(2)25(27)28-3)21-11-12-22(24)30-21/h5-7,9-13,19-24H,4,8,14-16H2,1-3H3/b17-13+/t19-,20-,21+,22+,23-,24-/m1/s1. The van der Waals surface area contributed by atoms with Crippen LogP contribution in [0.5, 0.6) is 0 Å². The van der Waals surface area contributed by atoms with E-state index >= 15 is 0 Å². The normalized spacial score (nSPS) is 33.8. The smallest absolute Gasteiger partial charge is 0.333 e. The Morgan fingerprint density at radius 2 is 2.00 bits per heavy atom. The van der Waals surface area contributed by atoms with Crippen LogP contribution < -0.4 is 0 Å². The number of carbonyl (C=O) groups excluding carboxylic acids is 1. The first kappa shape index (κ1) is 21.3. The lowest BCUT2D eigenvalue weighted by Crippen LogP contribution is -2.49. The first-order valence-corrected chi connectivity index (χ1v) is 11.1. The molecular formula is C25H33NO4. The zero-order valence-corrected chi connectivity index (χ0v) is 18.2. The molecule has 1 aromatic carbocycles. The van der Waals surface area contributed by atoms with E-state index in [9.17, 15) is 4.79 Å². The molecule has 2 saturated heterocycles. The third kappa shape index (κ3) is 4.39. The Balaban J connectivity index is 1.49. The molecule has 0 radical (unpaired) electrons. The monoisotopic (exact) mass is 411 g/mol. The van der Waals surface area contributed by atoms with Crippen molar-refractivity contribution in [2.45, 2.75) is 64.0 Å². The van der Waals surface area contributed by atoms with Crippen molar-refractivity contribution >= 4 is 5.97 Å². The number of rotatable bonds is 7. The fourth-order valence-corrected chi connectivity index (χ4v) is 5.23. The van der Waals surface area contributed by atoms with Crippen molar-refractivity contribution in [1.82, 2.24) is 4.90 Å². The maximum absolute atomic E-state index is 12.0. The summed E-state index contributed by atoms with van der Waals surface area (Å²) in [6.07, 6.45) is 9.85. The summed E-state index contributed by atoms with van der Waals surface area (Å²) in [5.74, 6) is 0.104. The van der Waals surface area contributed by atoms with Gasteiger partial charge in [-0.05, 0) is 25.3 Å². The summed E-state index contributed by atoms with van der Waals surface area (Å²) in [7, 11) is 1.43. The van der Waals surface area contributed by atoms with Gasteiger partial charge in [0.05, 0.1) is 32.2 Å². The molecule has 6 atom stereocenters. The van der Waals surface area contributed by atoms with Crippen molar-refractivity contribution in [3.05, 3.63) is 59.7 Å². The van der Waals surface area contributed by atoms with Crippen LogP contribution in [0.25, 0.3) is 0 Å². The minimum atomic E-state index is -0.275. The number of carbonyl (C=O) groups is 1. The predicted octanol–water partition coefficient (Wildman–Crippen LogP) is 4.09. The Morgan fingerprint density at radius 3 is 2.73 bits per heavy atom. The second-order valence-corrected chi connectivity index (χ2v) is 8.69. The third-order valence-corrected chi connectivity index (χ3v) is 6.71. The highest BCUT2D eigenvalue weighted by Crippen LogP contribution is 2.45. The van der Waals surface area contributed by atoms with Crippen LogP contribution >= 0.6 is 0 Å². The molecule has 0 aromatic heterocycles. The van der Waals surface area contributed by atoms with Gasteiger partial charge in [-0.25, -0.2) is 4.79 Å². The van der Waals surface area contributed by atoms with Gasteiger partial charge in [0, 0.05) is 30.0 Å². The van der Waals surface area contributed by atoms with Crippen molar-refractivity contribution in [3.8, 4) is 0 Å². The van der Waals surface area contributed by atoms with Gasteiger partial charge < -0.3 is 14.2 Å². The van der Waals surface area contributed by atoms with E-state index in [1.807, 2.05) is 13.0 Å². The van der Waals surface area contributed by atoms with Gasteiger partial charge in [0.2, 0.25) is 0 Å². The van der Waals surface area contributed by atoms with Crippen molar-refractivity contribution in [2.24, 2.45) is 11.8 Å². The fourth-order valence-electron chi connectivity index (χ4n) is 5.23. The molecule has 0 aliphatic carbocycles. The summed E-state index contributed by atoms with van der Waals surface area (Å²) < 4.78 is 17.5. The lowest BCUT2D eigenvalue weighted by molar-refractivity contribution is -0.136. The van der Waals surface area contributed by atoms with Gasteiger partial charge in [-0.15, -0.1) is 0 Å². The zero-order chi connectivity index (χ0) is 21.1. The molecule has 30 heavy (non-hydrogen) atoms. The molecule has 2 bridgehead atoms. The fraction of sp³-hybridized carbons (Fsp3) is 0.560. The number of esters is 1. The van der Waals surface area contributed by atoms with Gasteiger partial charge in [-0.2, -0.15) is 0 Å². The van der Waals surface area contributed by atoms with Crippen LogP contribution in [0.4, 0.5) is 0 Å². The number of nitrogens with zero attached hydrogens (tertiary/aromatic N) is 1. The van der Waals surface area contributed by atoms with Gasteiger partial charge in [0.1, 0.15) is 0 Å². The molecule has 3 aliphatic rings. The largest absolute Gasteiger partial charge is 0.466 e. The maximum Gasteiger partial charge on any atom is 0.333 e. The average molecular weight is 412 g/mol. The van der Waals surface area contributed by atoms with E-state index in [0.717, 1.165) is 25.8 Å². The molecule has 0 N–H and O–H groups in total. The number of hydrogen-bond acceptors (Lipinski definition) is 5. The number of fused-ring (bicyclic) bond motifs is 2. The van der Waals surface area contributed by atoms with Crippen molar-refractivity contribution in [3.63, 3.8) is 0 Å². The van der Waals surface area contributed by atoms with Crippen LogP contribution in [0.1, 0.15) is 38.7 Å². The van der Waals surface area contributed by atoms with Crippen LogP contribution in [0.3, 0.4) is 0 Å². The molecule has 2 fully saturated rings. The van der Waals surface area contributed by atoms with E-state index in [-0.39, 0.29) is 36.1 Å². The highest BCUT2D eigenvalue weighted by atomic mass is 16.5. The molecule has 3 aliphatic heterocycles. The summed E-state index contributed by atoms with van der Waals surface area (Å²) in [4.78, 5) is 14.4. The molecular weight excluding hydrogens is 378 g/mol. The summed E-state index contributed by atoms with van der Waals surface area (Å²) in [6.45, 7) is 5.62. The minimum Gasteiger partial charge on any atom is -0.466 e. The molecule has 5 nitrogen and oxygen atoms in total. The van der Waals surface area contributed by atoms with Gasteiger partial charge in [0.15, 0.2) is 0 Å². The van der Waals surface area contributed by atoms with Crippen LogP contribution in [0.15, 0.2) is 54.1 Å². The van der Waals surface area contributed by atoms with Crippen molar-refractivity contribution < 1.29 is 19.0 Å². The highest BCUT2D eigenvalue weighted by molar-refractivity contribution is 5.87. The number of hydrogen-bond donors (Lipinski definition) is 0. The molecule has 0 spiro atoms. The molecule has 0 saturated carbocycles. The topological polar surface area (TPSA) is 48.0 Å². The molecule has 0 amide bonds. The molecule has 162 valence electrons. The molecule has 1 aromatic rings. The van der Waals surface area contributed by atoms with Gasteiger partial charge in [-0.3, -0.25) is 4.90 Å². The Bertz CT molecular complexity index is 790. The predicted molar refractivity (Wildman–Crippen MR) is 116 cm³/mol. The van der Waals surface area contributed by atoms with Crippen LogP contribution in [0, 0.1) is 11.8 Å². The highest BCUT2D eigenvalue weighted by Gasteiger charge is 2.50. The quantitative estimate of drug-likeness (QED) is 0.384.